The Balaban J connectivity index is 2.12. The Labute approximate surface area is 134 Å². The van der Waals surface area contributed by atoms with Gasteiger partial charge in [0.25, 0.3) is 10.0 Å². The largest absolute Gasteiger partial charge is 0.276 e. The number of halogens is 2. The van der Waals surface area contributed by atoms with Gasteiger partial charge in [-0.3, -0.25) is 9.71 Å². The molecule has 0 aliphatic carbocycles. The van der Waals surface area contributed by atoms with Gasteiger partial charge in [-0.25, -0.2) is 13.4 Å². The Morgan fingerprint density at radius 3 is 2.71 bits per heavy atom. The van der Waals surface area contributed by atoms with E-state index < -0.39 is 10.0 Å². The minimum absolute atomic E-state index is 0.0825. The average molecular weight is 360 g/mol. The van der Waals surface area contributed by atoms with Crippen molar-refractivity contribution in [3.05, 3.63) is 46.1 Å². The van der Waals surface area contributed by atoms with E-state index >= 15 is 0 Å². The fourth-order valence-corrected chi connectivity index (χ4v) is 4.21. The van der Waals surface area contributed by atoms with Crippen molar-refractivity contribution in [3.63, 3.8) is 0 Å². The Hall–Kier alpha value is -1.41. The highest BCUT2D eigenvalue weighted by atomic mass is 35.5. The summed E-state index contributed by atoms with van der Waals surface area (Å²) < 4.78 is 28.1. The number of fused-ring (bicyclic) bond motifs is 1. The Morgan fingerprint density at radius 2 is 1.95 bits per heavy atom. The maximum absolute atomic E-state index is 12.4. The molecule has 0 unspecified atom stereocenters. The van der Waals surface area contributed by atoms with Gasteiger partial charge in [-0.2, -0.15) is 0 Å². The molecule has 9 heteroatoms. The number of anilines is 1. The van der Waals surface area contributed by atoms with Crippen LogP contribution in [-0.4, -0.2) is 18.4 Å². The van der Waals surface area contributed by atoms with Crippen LogP contribution in [0.5, 0.6) is 0 Å². The molecule has 2 heterocycles. The Kier molecular flexibility index (Phi) is 3.75. The fraction of sp³-hybridized carbons (Fsp3) is 0. The van der Waals surface area contributed by atoms with Crippen molar-refractivity contribution in [3.8, 4) is 0 Å². The van der Waals surface area contributed by atoms with Crippen LogP contribution in [0.15, 0.2) is 41.0 Å². The standard InChI is InChI=1S/C12H7Cl2N3O2S2/c13-7-3-4-15-5-10(7)21(18,19)17-11-8(14)1-2-9-12(11)16-6-20-9/h1-6,17H. The third kappa shape index (κ3) is 2.69. The second-order valence-electron chi connectivity index (χ2n) is 4.03. The Morgan fingerprint density at radius 1 is 1.14 bits per heavy atom. The van der Waals surface area contributed by atoms with E-state index in [0.717, 1.165) is 4.70 Å². The van der Waals surface area contributed by atoms with Crippen molar-refractivity contribution in [1.82, 2.24) is 9.97 Å². The molecule has 21 heavy (non-hydrogen) atoms. The molecule has 0 aliphatic heterocycles. The zero-order valence-electron chi connectivity index (χ0n) is 10.2. The van der Waals surface area contributed by atoms with Gasteiger partial charge in [-0.05, 0) is 18.2 Å². The number of thiazole rings is 1. The van der Waals surface area contributed by atoms with Crippen LogP contribution in [0.2, 0.25) is 10.0 Å². The number of hydrogen-bond donors (Lipinski definition) is 1. The average Bonchev–Trinajstić information content (AvgIpc) is 2.91. The number of rotatable bonds is 3. The molecule has 0 radical (unpaired) electrons. The van der Waals surface area contributed by atoms with Gasteiger partial charge < -0.3 is 0 Å². The van der Waals surface area contributed by atoms with Crippen LogP contribution in [0.4, 0.5) is 5.69 Å². The van der Waals surface area contributed by atoms with Gasteiger partial charge in [-0.1, -0.05) is 23.2 Å². The first-order valence-electron chi connectivity index (χ1n) is 5.63. The van der Waals surface area contributed by atoms with E-state index in [0.29, 0.717) is 5.52 Å². The van der Waals surface area contributed by atoms with Gasteiger partial charge in [0.2, 0.25) is 0 Å². The van der Waals surface area contributed by atoms with Gasteiger partial charge in [0.15, 0.2) is 0 Å². The third-order valence-electron chi connectivity index (χ3n) is 2.71. The molecule has 0 atom stereocenters. The molecule has 2 aromatic heterocycles. The topological polar surface area (TPSA) is 72.0 Å². The molecule has 108 valence electrons. The summed E-state index contributed by atoms with van der Waals surface area (Å²) in [4.78, 5) is 7.80. The molecule has 1 aromatic carbocycles. The summed E-state index contributed by atoms with van der Waals surface area (Å²) in [7, 11) is -3.90. The van der Waals surface area contributed by atoms with Crippen molar-refractivity contribution in [2.45, 2.75) is 4.90 Å². The number of pyridine rings is 1. The molecule has 0 fully saturated rings. The fourth-order valence-electron chi connectivity index (χ4n) is 1.75. The van der Waals surface area contributed by atoms with Gasteiger partial charge in [-0.15, -0.1) is 11.3 Å². The summed E-state index contributed by atoms with van der Waals surface area (Å²) >= 11 is 13.4. The highest BCUT2D eigenvalue weighted by Gasteiger charge is 2.21. The molecular weight excluding hydrogens is 353 g/mol. The van der Waals surface area contributed by atoms with Crippen LogP contribution in [0.3, 0.4) is 0 Å². The highest BCUT2D eigenvalue weighted by Crippen LogP contribution is 2.34. The zero-order valence-corrected chi connectivity index (χ0v) is 13.4. The first-order chi connectivity index (χ1) is 9.99. The van der Waals surface area contributed by atoms with Crippen molar-refractivity contribution in [2.24, 2.45) is 0 Å². The van der Waals surface area contributed by atoms with Crippen LogP contribution in [0.1, 0.15) is 0 Å². The maximum atomic E-state index is 12.4. The second kappa shape index (κ2) is 5.42. The van der Waals surface area contributed by atoms with Gasteiger partial charge in [0, 0.05) is 12.4 Å². The summed E-state index contributed by atoms with van der Waals surface area (Å²) in [5.41, 5.74) is 2.35. The molecule has 0 amide bonds. The lowest BCUT2D eigenvalue weighted by Gasteiger charge is -2.10. The van der Waals surface area contributed by atoms with E-state index in [9.17, 15) is 8.42 Å². The van der Waals surface area contributed by atoms with Crippen molar-refractivity contribution in [1.29, 1.82) is 0 Å². The highest BCUT2D eigenvalue weighted by molar-refractivity contribution is 7.92. The molecule has 0 saturated carbocycles. The Bertz CT molecular complexity index is 925. The lowest BCUT2D eigenvalue weighted by Crippen LogP contribution is -2.14. The van der Waals surface area contributed by atoms with Crippen molar-refractivity contribution < 1.29 is 8.42 Å². The minimum Gasteiger partial charge on any atom is -0.276 e. The van der Waals surface area contributed by atoms with Crippen LogP contribution < -0.4 is 4.72 Å². The van der Waals surface area contributed by atoms with Crippen LogP contribution in [0.25, 0.3) is 10.2 Å². The van der Waals surface area contributed by atoms with Crippen molar-refractivity contribution in [2.75, 3.05) is 4.72 Å². The minimum atomic E-state index is -3.90. The van der Waals surface area contributed by atoms with Gasteiger partial charge in [0.1, 0.15) is 10.4 Å². The SMILES string of the molecule is O=S(=O)(Nc1c(Cl)ccc2scnc12)c1cnccc1Cl. The molecule has 3 aromatic rings. The lowest BCUT2D eigenvalue weighted by atomic mass is 10.3. The van der Waals surface area contributed by atoms with E-state index in [2.05, 4.69) is 14.7 Å². The lowest BCUT2D eigenvalue weighted by molar-refractivity contribution is 0.601. The molecule has 0 bridgehead atoms. The molecular formula is C12H7Cl2N3O2S2. The van der Waals surface area contributed by atoms with Gasteiger partial charge >= 0.3 is 0 Å². The van der Waals surface area contributed by atoms with E-state index in [1.54, 1.807) is 17.6 Å². The van der Waals surface area contributed by atoms with E-state index in [-0.39, 0.29) is 20.6 Å². The number of aromatic nitrogens is 2. The summed E-state index contributed by atoms with van der Waals surface area (Å²) in [5.74, 6) is 0. The predicted octanol–water partition coefficient (Wildman–Crippen LogP) is 3.80. The molecule has 0 aliphatic rings. The number of hydrogen-bond acceptors (Lipinski definition) is 5. The third-order valence-corrected chi connectivity index (χ3v) is 5.64. The summed E-state index contributed by atoms with van der Waals surface area (Å²) in [5, 5.41) is 0.344. The van der Waals surface area contributed by atoms with E-state index in [1.165, 1.54) is 29.8 Å². The quantitative estimate of drug-likeness (QED) is 0.771. The number of nitrogens with zero attached hydrogens (tertiary/aromatic N) is 2. The van der Waals surface area contributed by atoms with Crippen molar-refractivity contribution >= 4 is 60.5 Å². The summed E-state index contributed by atoms with van der Waals surface area (Å²) in [6.07, 6.45) is 2.59. The first kappa shape index (κ1) is 14.5. The van der Waals surface area contributed by atoms with Gasteiger partial charge in [0.05, 0.1) is 25.9 Å². The van der Waals surface area contributed by atoms with Crippen LogP contribution in [0, 0.1) is 0 Å². The van der Waals surface area contributed by atoms with E-state index in [4.69, 9.17) is 23.2 Å². The summed E-state index contributed by atoms with van der Waals surface area (Å²) in [6, 6.07) is 4.80. The maximum Gasteiger partial charge on any atom is 0.265 e. The molecule has 0 spiro atoms. The normalized spacial score (nSPS) is 11.7. The number of nitrogens with one attached hydrogen (secondary N) is 1. The van der Waals surface area contributed by atoms with E-state index in [1.807, 2.05) is 0 Å². The first-order valence-corrected chi connectivity index (χ1v) is 8.75. The number of benzene rings is 1. The zero-order chi connectivity index (χ0) is 15.0. The summed E-state index contributed by atoms with van der Waals surface area (Å²) in [6.45, 7) is 0. The predicted molar refractivity (Wildman–Crippen MR) is 84.7 cm³/mol. The monoisotopic (exact) mass is 359 g/mol. The molecule has 5 nitrogen and oxygen atoms in total. The second-order valence-corrected chi connectivity index (χ2v) is 7.38. The van der Waals surface area contributed by atoms with Crippen LogP contribution in [-0.2, 0) is 10.0 Å². The molecule has 0 saturated heterocycles. The number of sulfonamides is 1. The molecule has 3 rings (SSSR count). The smallest absolute Gasteiger partial charge is 0.265 e. The molecule has 1 N–H and O–H groups in total. The van der Waals surface area contributed by atoms with Crippen LogP contribution >= 0.6 is 34.5 Å².